The second-order valence-corrected chi connectivity index (χ2v) is 11.2. The fourth-order valence-corrected chi connectivity index (χ4v) is 7.23. The van der Waals surface area contributed by atoms with Gasteiger partial charge in [0.2, 0.25) is 5.82 Å². The highest BCUT2D eigenvalue weighted by atomic mass is 79.9. The fraction of sp³-hybridized carbons (Fsp3) is 0.370. The van der Waals surface area contributed by atoms with E-state index in [1.807, 2.05) is 0 Å². The van der Waals surface area contributed by atoms with Crippen LogP contribution in [0.2, 0.25) is 0 Å². The van der Waals surface area contributed by atoms with Crippen LogP contribution in [0.5, 0.6) is 5.75 Å². The summed E-state index contributed by atoms with van der Waals surface area (Å²) in [5.74, 6) is -9.17. The number of aliphatic hydroxyl groups is 1. The summed E-state index contributed by atoms with van der Waals surface area (Å²) in [5, 5.41) is 12.7. The van der Waals surface area contributed by atoms with Gasteiger partial charge in [-0.05, 0) is 46.1 Å². The Labute approximate surface area is 219 Å². The fourth-order valence-electron chi connectivity index (χ4n) is 6.26. The van der Waals surface area contributed by atoms with Crippen LogP contribution in [0.15, 0.2) is 43.1 Å². The number of quaternary nitrogens is 1. The van der Waals surface area contributed by atoms with Crippen molar-refractivity contribution in [2.75, 3.05) is 20.2 Å². The third-order valence-electron chi connectivity index (χ3n) is 8.16. The van der Waals surface area contributed by atoms with E-state index in [2.05, 4.69) is 27.5 Å². The number of benzene rings is 2. The number of ether oxygens (including phenoxy) is 1. The molecule has 3 fully saturated rings. The Kier molecular flexibility index (Phi) is 6.57. The number of hydrogen-bond acceptors (Lipinski definition) is 3. The van der Waals surface area contributed by atoms with Crippen LogP contribution in [0, 0.1) is 40.9 Å². The molecule has 0 amide bonds. The monoisotopic (exact) mass is 583 g/mol. The van der Waals surface area contributed by atoms with E-state index in [-0.39, 0.29) is 16.3 Å². The molecular weight excluding hydrogens is 559 g/mol. The molecule has 3 aromatic rings. The van der Waals surface area contributed by atoms with E-state index in [0.29, 0.717) is 48.1 Å². The molecule has 1 N–H and O–H groups in total. The number of alkyl halides is 1. The minimum atomic E-state index is -2.19. The molecule has 5 atom stereocenters. The van der Waals surface area contributed by atoms with Gasteiger partial charge in [-0.25, -0.2) is 22.0 Å². The zero-order chi connectivity index (χ0) is 26.7. The van der Waals surface area contributed by atoms with E-state index >= 15 is 0 Å². The molecule has 0 saturated carbocycles. The Morgan fingerprint density at radius 1 is 1.14 bits per heavy atom. The smallest absolute Gasteiger partial charge is 0.200 e. The highest BCUT2D eigenvalue weighted by Crippen LogP contribution is 2.52. The average molecular weight is 584 g/mol. The minimum Gasteiger partial charge on any atom is -0.497 e. The number of nitrogens with zero attached hydrogens (tertiary/aromatic N) is 2. The van der Waals surface area contributed by atoms with Crippen molar-refractivity contribution in [3.05, 3.63) is 83.3 Å². The van der Waals surface area contributed by atoms with Crippen molar-refractivity contribution in [3.8, 4) is 5.75 Å². The first-order valence-corrected chi connectivity index (χ1v) is 12.7. The summed E-state index contributed by atoms with van der Waals surface area (Å²) in [7, 11) is 1.52. The maximum Gasteiger partial charge on any atom is 0.200 e. The molecule has 3 aliphatic heterocycles. The van der Waals surface area contributed by atoms with Crippen LogP contribution in [-0.4, -0.2) is 40.8 Å². The van der Waals surface area contributed by atoms with E-state index < -0.39 is 51.7 Å². The van der Waals surface area contributed by atoms with Crippen molar-refractivity contribution in [2.45, 2.75) is 29.9 Å². The van der Waals surface area contributed by atoms with Crippen LogP contribution in [0.3, 0.4) is 0 Å². The molecule has 196 valence electrons. The maximum atomic E-state index is 14.8. The SMILES string of the molecule is C=C[C@H]1C[N+]2(Cc3c(F)c(F)c(F)c(F)c3F)CC[C@H]1C[C@H]2C(O)(Br)c1ccnc2ccc(OC)cc12. The second-order valence-electron chi connectivity index (χ2n) is 9.95. The van der Waals surface area contributed by atoms with Crippen LogP contribution in [0.25, 0.3) is 10.9 Å². The lowest BCUT2D eigenvalue weighted by molar-refractivity contribution is -0.986. The second kappa shape index (κ2) is 9.32. The number of halogens is 6. The van der Waals surface area contributed by atoms with E-state index in [4.69, 9.17) is 4.74 Å². The van der Waals surface area contributed by atoms with Gasteiger partial charge in [0, 0.05) is 35.9 Å². The van der Waals surface area contributed by atoms with E-state index in [0.717, 1.165) is 0 Å². The Bertz CT molecular complexity index is 1370. The highest BCUT2D eigenvalue weighted by Gasteiger charge is 2.59. The first kappa shape index (κ1) is 26.1. The molecule has 3 aliphatic rings. The van der Waals surface area contributed by atoms with E-state index in [1.165, 1.54) is 7.11 Å². The molecule has 2 aromatic carbocycles. The van der Waals surface area contributed by atoms with Crippen LogP contribution in [0.4, 0.5) is 22.0 Å². The van der Waals surface area contributed by atoms with Gasteiger partial charge in [-0.3, -0.25) is 4.98 Å². The summed E-state index contributed by atoms with van der Waals surface area (Å²) in [4.78, 5) is 4.36. The number of pyridine rings is 1. The number of aromatic nitrogens is 1. The summed E-state index contributed by atoms with van der Waals surface area (Å²) in [5.41, 5.74) is 0.190. The summed E-state index contributed by atoms with van der Waals surface area (Å²) >= 11 is 3.54. The van der Waals surface area contributed by atoms with Crippen molar-refractivity contribution in [3.63, 3.8) is 0 Å². The molecule has 10 heteroatoms. The molecule has 0 radical (unpaired) electrons. The first-order chi connectivity index (χ1) is 17.5. The normalized spacial score (nSPS) is 26.8. The molecule has 1 aromatic heterocycles. The van der Waals surface area contributed by atoms with Crippen molar-refractivity contribution in [1.82, 2.24) is 4.98 Å². The lowest BCUT2D eigenvalue weighted by Crippen LogP contribution is -2.70. The molecular formula is C27H25BrF5N2O2+. The van der Waals surface area contributed by atoms with Gasteiger partial charge >= 0.3 is 0 Å². The van der Waals surface area contributed by atoms with Gasteiger partial charge in [0.05, 0.1) is 31.3 Å². The summed E-state index contributed by atoms with van der Waals surface area (Å²) in [6.07, 6.45) is 4.43. The average Bonchev–Trinajstić information content (AvgIpc) is 2.92. The molecule has 4 nitrogen and oxygen atoms in total. The van der Waals surface area contributed by atoms with Gasteiger partial charge in [0.15, 0.2) is 27.8 Å². The van der Waals surface area contributed by atoms with Gasteiger partial charge in [-0.1, -0.05) is 6.08 Å². The number of hydrogen-bond donors (Lipinski definition) is 1. The van der Waals surface area contributed by atoms with Crippen molar-refractivity contribution in [2.24, 2.45) is 11.8 Å². The summed E-state index contributed by atoms with van der Waals surface area (Å²) in [6, 6.07) is 6.21. The van der Waals surface area contributed by atoms with Gasteiger partial charge in [-0.15, -0.1) is 6.58 Å². The molecule has 4 heterocycles. The van der Waals surface area contributed by atoms with Crippen molar-refractivity contribution >= 4 is 26.8 Å². The maximum absolute atomic E-state index is 14.8. The zero-order valence-electron chi connectivity index (χ0n) is 20.0. The summed E-state index contributed by atoms with van der Waals surface area (Å²) in [6.45, 7) is 4.14. The van der Waals surface area contributed by atoms with Crippen LogP contribution in [-0.2, 0) is 11.1 Å². The predicted molar refractivity (Wildman–Crippen MR) is 131 cm³/mol. The van der Waals surface area contributed by atoms with Gasteiger partial charge in [0.1, 0.15) is 18.3 Å². The van der Waals surface area contributed by atoms with Gasteiger partial charge in [0.25, 0.3) is 0 Å². The molecule has 2 bridgehead atoms. The third kappa shape index (κ3) is 4.04. The van der Waals surface area contributed by atoms with Crippen molar-refractivity contribution in [1.29, 1.82) is 0 Å². The molecule has 0 spiro atoms. The number of rotatable bonds is 6. The number of methoxy groups -OCH3 is 1. The molecule has 37 heavy (non-hydrogen) atoms. The van der Waals surface area contributed by atoms with Crippen LogP contribution >= 0.6 is 15.9 Å². The number of fused-ring (bicyclic) bond motifs is 4. The van der Waals surface area contributed by atoms with Crippen molar-refractivity contribution < 1.29 is 36.3 Å². The Morgan fingerprint density at radius 3 is 2.46 bits per heavy atom. The molecule has 0 aliphatic carbocycles. The van der Waals surface area contributed by atoms with Crippen LogP contribution in [0.1, 0.15) is 24.0 Å². The Morgan fingerprint density at radius 2 is 1.81 bits per heavy atom. The predicted octanol–water partition coefficient (Wildman–Crippen LogP) is 6.09. The minimum absolute atomic E-state index is 0.0381. The Hall–Kier alpha value is -2.56. The van der Waals surface area contributed by atoms with E-state index in [9.17, 15) is 27.1 Å². The van der Waals surface area contributed by atoms with Gasteiger partial charge in [-0.2, -0.15) is 0 Å². The molecule has 3 saturated heterocycles. The molecule has 2 unspecified atom stereocenters. The van der Waals surface area contributed by atoms with Crippen LogP contribution < -0.4 is 4.74 Å². The quantitative estimate of drug-likeness (QED) is 0.0953. The third-order valence-corrected chi connectivity index (χ3v) is 9.11. The van der Waals surface area contributed by atoms with Gasteiger partial charge < -0.3 is 14.3 Å². The topological polar surface area (TPSA) is 42.4 Å². The highest BCUT2D eigenvalue weighted by molar-refractivity contribution is 9.09. The lowest BCUT2D eigenvalue weighted by atomic mass is 9.71. The largest absolute Gasteiger partial charge is 0.497 e. The summed E-state index contributed by atoms with van der Waals surface area (Å²) < 4.78 is 75.2. The Balaban J connectivity index is 1.67. The standard InChI is InChI=1S/C27H25BrF5N2O2/c1-3-14-12-35(13-18-22(29)24(31)26(33)25(32)23(18)30)9-7-15(14)10-21(35)27(28,36)19-6-8-34-20-5-4-16(37-2)11-17(19)20/h3-6,8,11,14-15,21,36H,1,7,9-10,12-13H2,2H3/q+1/t14-,15-,21-,27?,35?/m0/s1. The zero-order valence-corrected chi connectivity index (χ0v) is 21.5. The molecule has 6 rings (SSSR count). The lowest BCUT2D eigenvalue weighted by Gasteiger charge is -2.59. The first-order valence-electron chi connectivity index (χ1n) is 11.9. The van der Waals surface area contributed by atoms with E-state index in [1.54, 1.807) is 36.5 Å². The number of piperidine rings is 3.